The van der Waals surface area contributed by atoms with Crippen molar-refractivity contribution < 1.29 is 19.1 Å². The first kappa shape index (κ1) is 21.5. The minimum Gasteiger partial charge on any atom is -0.497 e. The van der Waals surface area contributed by atoms with Crippen molar-refractivity contribution in [1.29, 1.82) is 0 Å². The Morgan fingerprint density at radius 3 is 2.11 bits per heavy atom. The van der Waals surface area contributed by atoms with Gasteiger partial charge in [0, 0.05) is 13.0 Å². The molecule has 0 spiro atoms. The van der Waals surface area contributed by atoms with Crippen molar-refractivity contribution >= 4 is 11.9 Å². The van der Waals surface area contributed by atoms with E-state index in [1.807, 2.05) is 36.4 Å². The van der Waals surface area contributed by atoms with Crippen LogP contribution in [-0.2, 0) is 32.7 Å². The Bertz CT molecular complexity index is 774. The van der Waals surface area contributed by atoms with Crippen LogP contribution in [-0.4, -0.2) is 25.6 Å². The first-order valence-electron chi connectivity index (χ1n) is 9.42. The topological polar surface area (TPSA) is 64.6 Å². The van der Waals surface area contributed by atoms with Gasteiger partial charge in [0.15, 0.2) is 6.61 Å². The molecule has 150 valence electrons. The summed E-state index contributed by atoms with van der Waals surface area (Å²) >= 11 is 0. The fourth-order valence-electron chi connectivity index (χ4n) is 2.63. The van der Waals surface area contributed by atoms with Gasteiger partial charge in [0.05, 0.1) is 7.11 Å². The minimum absolute atomic E-state index is 0.108. The van der Waals surface area contributed by atoms with Crippen LogP contribution in [0.2, 0.25) is 0 Å². The number of ether oxygens (including phenoxy) is 2. The third-order valence-electron chi connectivity index (χ3n) is 4.45. The van der Waals surface area contributed by atoms with Gasteiger partial charge in [0.25, 0.3) is 5.91 Å². The molecule has 5 heteroatoms. The molecule has 0 heterocycles. The number of amides is 1. The molecule has 0 atom stereocenters. The van der Waals surface area contributed by atoms with Gasteiger partial charge in [0.2, 0.25) is 0 Å². The second kappa shape index (κ2) is 9.93. The van der Waals surface area contributed by atoms with Crippen LogP contribution >= 0.6 is 0 Å². The highest BCUT2D eigenvalue weighted by atomic mass is 16.5. The van der Waals surface area contributed by atoms with E-state index >= 15 is 0 Å². The van der Waals surface area contributed by atoms with Crippen LogP contribution < -0.4 is 10.1 Å². The van der Waals surface area contributed by atoms with Crippen molar-refractivity contribution in [2.45, 2.75) is 45.6 Å². The number of carbonyl (C=O) groups excluding carboxylic acids is 2. The highest BCUT2D eigenvalue weighted by Crippen LogP contribution is 2.22. The molecular weight excluding hydrogens is 354 g/mol. The number of rotatable bonds is 8. The average molecular weight is 383 g/mol. The first-order valence-corrected chi connectivity index (χ1v) is 9.42. The number of hydrogen-bond acceptors (Lipinski definition) is 4. The van der Waals surface area contributed by atoms with Gasteiger partial charge in [0.1, 0.15) is 5.75 Å². The summed E-state index contributed by atoms with van der Waals surface area (Å²) in [5.41, 5.74) is 3.39. The zero-order valence-electron chi connectivity index (χ0n) is 17.1. The lowest BCUT2D eigenvalue weighted by atomic mass is 9.86. The lowest BCUT2D eigenvalue weighted by Crippen LogP contribution is -2.28. The van der Waals surface area contributed by atoms with Crippen LogP contribution in [0.4, 0.5) is 0 Å². The van der Waals surface area contributed by atoms with Gasteiger partial charge in [-0.2, -0.15) is 0 Å². The molecule has 28 heavy (non-hydrogen) atoms. The Labute approximate surface area is 167 Å². The van der Waals surface area contributed by atoms with Crippen molar-refractivity contribution in [3.63, 3.8) is 0 Å². The van der Waals surface area contributed by atoms with Gasteiger partial charge in [-0.1, -0.05) is 57.2 Å². The second-order valence-corrected chi connectivity index (χ2v) is 7.73. The molecule has 0 saturated carbocycles. The Morgan fingerprint density at radius 2 is 1.54 bits per heavy atom. The second-order valence-electron chi connectivity index (χ2n) is 7.73. The summed E-state index contributed by atoms with van der Waals surface area (Å²) in [5.74, 6) is 0.0650. The molecule has 0 unspecified atom stereocenters. The van der Waals surface area contributed by atoms with Gasteiger partial charge < -0.3 is 14.8 Å². The smallest absolute Gasteiger partial charge is 0.306 e. The van der Waals surface area contributed by atoms with Crippen molar-refractivity contribution in [2.75, 3.05) is 13.7 Å². The Kier molecular flexibility index (Phi) is 7.61. The molecule has 0 radical (unpaired) electrons. The highest BCUT2D eigenvalue weighted by molar-refractivity contribution is 5.80. The first-order chi connectivity index (χ1) is 13.3. The molecule has 2 aromatic carbocycles. The number of aryl methyl sites for hydroxylation is 1. The molecule has 0 saturated heterocycles. The van der Waals surface area contributed by atoms with Crippen molar-refractivity contribution in [3.8, 4) is 5.75 Å². The Morgan fingerprint density at radius 1 is 0.929 bits per heavy atom. The van der Waals surface area contributed by atoms with Crippen LogP contribution in [0.25, 0.3) is 0 Å². The summed E-state index contributed by atoms with van der Waals surface area (Å²) in [6.07, 6.45) is 0.845. The number of benzene rings is 2. The molecule has 0 aliphatic rings. The lowest BCUT2D eigenvalue weighted by molar-refractivity contribution is -0.148. The third-order valence-corrected chi connectivity index (χ3v) is 4.45. The monoisotopic (exact) mass is 383 g/mol. The van der Waals surface area contributed by atoms with Crippen molar-refractivity contribution in [3.05, 3.63) is 65.2 Å². The van der Waals surface area contributed by atoms with Crippen molar-refractivity contribution in [1.82, 2.24) is 5.32 Å². The molecule has 2 aromatic rings. The Hall–Kier alpha value is -2.82. The third kappa shape index (κ3) is 7.06. The van der Waals surface area contributed by atoms with E-state index in [1.165, 1.54) is 5.56 Å². The Balaban J connectivity index is 1.67. The summed E-state index contributed by atoms with van der Waals surface area (Å²) in [5, 5.41) is 2.73. The highest BCUT2D eigenvalue weighted by Gasteiger charge is 2.13. The van der Waals surface area contributed by atoms with Gasteiger partial charge in [-0.25, -0.2) is 0 Å². The normalized spacial score (nSPS) is 11.0. The van der Waals surface area contributed by atoms with E-state index in [0.29, 0.717) is 13.0 Å². The minimum atomic E-state index is -0.375. The number of methoxy groups -OCH3 is 1. The molecule has 1 N–H and O–H groups in total. The standard InChI is InChI=1S/C23H29NO4/c1-23(2,3)19-10-5-17(6-11-19)9-14-22(26)28-16-21(25)24-15-18-7-12-20(27-4)13-8-18/h5-8,10-13H,9,14-16H2,1-4H3,(H,24,25). The molecule has 0 aliphatic heterocycles. The summed E-state index contributed by atoms with van der Waals surface area (Å²) in [4.78, 5) is 23.7. The summed E-state index contributed by atoms with van der Waals surface area (Å²) in [7, 11) is 1.60. The number of carbonyl (C=O) groups is 2. The SMILES string of the molecule is COc1ccc(CNC(=O)COC(=O)CCc2ccc(C(C)(C)C)cc2)cc1. The van der Waals surface area contributed by atoms with E-state index in [1.54, 1.807) is 7.11 Å². The molecule has 0 aliphatic carbocycles. The fourth-order valence-corrected chi connectivity index (χ4v) is 2.63. The maximum atomic E-state index is 11.9. The van der Waals surface area contributed by atoms with Crippen molar-refractivity contribution in [2.24, 2.45) is 0 Å². The van der Waals surface area contributed by atoms with E-state index in [0.717, 1.165) is 16.9 Å². The number of nitrogens with one attached hydrogen (secondary N) is 1. The molecular formula is C23H29NO4. The van der Waals surface area contributed by atoms with E-state index in [9.17, 15) is 9.59 Å². The number of hydrogen-bond donors (Lipinski definition) is 1. The largest absolute Gasteiger partial charge is 0.497 e. The average Bonchev–Trinajstić information content (AvgIpc) is 2.69. The van der Waals surface area contributed by atoms with Gasteiger partial charge in [-0.15, -0.1) is 0 Å². The lowest BCUT2D eigenvalue weighted by Gasteiger charge is -2.19. The summed E-state index contributed by atoms with van der Waals surface area (Å²) in [6, 6.07) is 15.7. The maximum absolute atomic E-state index is 11.9. The maximum Gasteiger partial charge on any atom is 0.306 e. The van der Waals surface area contributed by atoms with Crippen LogP contribution in [0.3, 0.4) is 0 Å². The molecule has 0 fully saturated rings. The molecule has 2 rings (SSSR count). The van der Waals surface area contributed by atoms with Crippen LogP contribution in [0.15, 0.2) is 48.5 Å². The van der Waals surface area contributed by atoms with E-state index in [2.05, 4.69) is 38.2 Å². The summed E-state index contributed by atoms with van der Waals surface area (Å²) < 4.78 is 10.1. The molecule has 1 amide bonds. The predicted octanol–water partition coefficient (Wildman–Crippen LogP) is 3.78. The summed E-state index contributed by atoms with van der Waals surface area (Å²) in [6.45, 7) is 6.61. The predicted molar refractivity (Wildman–Crippen MR) is 109 cm³/mol. The van der Waals surface area contributed by atoms with E-state index in [-0.39, 0.29) is 30.3 Å². The molecule has 0 bridgehead atoms. The fraction of sp³-hybridized carbons (Fsp3) is 0.391. The quantitative estimate of drug-likeness (QED) is 0.705. The van der Waals surface area contributed by atoms with Gasteiger partial charge in [-0.05, 0) is 40.7 Å². The molecule has 0 aromatic heterocycles. The van der Waals surface area contributed by atoms with E-state index < -0.39 is 0 Å². The van der Waals surface area contributed by atoms with Gasteiger partial charge in [-0.3, -0.25) is 9.59 Å². The zero-order valence-corrected chi connectivity index (χ0v) is 17.1. The van der Waals surface area contributed by atoms with Crippen LogP contribution in [0.5, 0.6) is 5.75 Å². The zero-order chi connectivity index (χ0) is 20.6. The molecule has 5 nitrogen and oxygen atoms in total. The van der Waals surface area contributed by atoms with Gasteiger partial charge >= 0.3 is 5.97 Å². The van der Waals surface area contributed by atoms with Crippen LogP contribution in [0.1, 0.15) is 43.9 Å². The number of esters is 1. The van der Waals surface area contributed by atoms with E-state index in [4.69, 9.17) is 9.47 Å². The van der Waals surface area contributed by atoms with Crippen LogP contribution in [0, 0.1) is 0 Å².